The Morgan fingerprint density at radius 1 is 1.13 bits per heavy atom. The topological polar surface area (TPSA) is 4.93 Å². The number of hydrogen-bond donors (Lipinski definition) is 0. The van der Waals surface area contributed by atoms with Crippen molar-refractivity contribution in [1.29, 1.82) is 0 Å². The number of hydrogen-bond acceptors (Lipinski definition) is 0. The lowest BCUT2D eigenvalue weighted by Crippen LogP contribution is -1.85. The standard InChI is InChI=1S/C13H9ClN/c1-15-12-5-3-2-4-10(12)11-8-9(14)6-7-13(11)15/h2,4-8H,1H3. The number of aromatic nitrogens is 1. The summed E-state index contributed by atoms with van der Waals surface area (Å²) < 4.78 is 2.16. The first-order valence-electron chi connectivity index (χ1n) is 4.81. The highest BCUT2D eigenvalue weighted by Crippen LogP contribution is 2.29. The molecule has 0 aliphatic rings. The lowest BCUT2D eigenvalue weighted by Gasteiger charge is -1.96. The van der Waals surface area contributed by atoms with Crippen molar-refractivity contribution in [3.05, 3.63) is 47.5 Å². The van der Waals surface area contributed by atoms with E-state index in [1.54, 1.807) is 0 Å². The van der Waals surface area contributed by atoms with Gasteiger partial charge in [-0.05, 0) is 30.3 Å². The molecule has 3 aromatic rings. The van der Waals surface area contributed by atoms with Gasteiger partial charge < -0.3 is 4.57 Å². The molecule has 0 amide bonds. The summed E-state index contributed by atoms with van der Waals surface area (Å²) in [6.45, 7) is 0. The average Bonchev–Trinajstić information content (AvgIpc) is 2.54. The fourth-order valence-electron chi connectivity index (χ4n) is 2.07. The summed E-state index contributed by atoms with van der Waals surface area (Å²) in [6.07, 6.45) is 0. The highest BCUT2D eigenvalue weighted by molar-refractivity contribution is 6.31. The van der Waals surface area contributed by atoms with Crippen molar-refractivity contribution in [2.45, 2.75) is 0 Å². The minimum Gasteiger partial charge on any atom is -0.344 e. The van der Waals surface area contributed by atoms with Crippen LogP contribution in [-0.4, -0.2) is 4.57 Å². The molecular weight excluding hydrogens is 206 g/mol. The molecule has 0 spiro atoms. The Bertz CT molecular complexity index is 652. The van der Waals surface area contributed by atoms with Crippen molar-refractivity contribution in [3.63, 3.8) is 0 Å². The molecule has 0 aliphatic heterocycles. The van der Waals surface area contributed by atoms with Gasteiger partial charge in [0.25, 0.3) is 0 Å². The number of nitrogens with zero attached hydrogens (tertiary/aromatic N) is 1. The molecule has 2 heteroatoms. The number of rotatable bonds is 0. The quantitative estimate of drug-likeness (QED) is 0.537. The van der Waals surface area contributed by atoms with E-state index in [-0.39, 0.29) is 0 Å². The molecule has 0 fully saturated rings. The predicted octanol–water partition coefficient (Wildman–Crippen LogP) is 3.79. The number of halogens is 1. The minimum atomic E-state index is 0.780. The molecule has 1 heterocycles. The fraction of sp³-hybridized carbons (Fsp3) is 0.0769. The van der Waals surface area contributed by atoms with Gasteiger partial charge in [0.1, 0.15) is 0 Å². The van der Waals surface area contributed by atoms with Crippen LogP contribution in [0.2, 0.25) is 5.02 Å². The van der Waals surface area contributed by atoms with Crippen molar-refractivity contribution in [2.75, 3.05) is 0 Å². The molecule has 0 aliphatic carbocycles. The number of aryl methyl sites for hydroxylation is 1. The molecule has 3 rings (SSSR count). The van der Waals surface area contributed by atoms with Crippen molar-refractivity contribution >= 4 is 33.4 Å². The van der Waals surface area contributed by atoms with Gasteiger partial charge in [-0.1, -0.05) is 23.7 Å². The second-order valence-electron chi connectivity index (χ2n) is 3.66. The zero-order valence-corrected chi connectivity index (χ0v) is 9.05. The third kappa shape index (κ3) is 1.17. The van der Waals surface area contributed by atoms with E-state index in [1.165, 1.54) is 21.8 Å². The van der Waals surface area contributed by atoms with Crippen LogP contribution >= 0.6 is 11.6 Å². The van der Waals surface area contributed by atoms with Crippen LogP contribution in [0.3, 0.4) is 0 Å². The Morgan fingerprint density at radius 2 is 2.00 bits per heavy atom. The minimum absolute atomic E-state index is 0.780. The predicted molar refractivity (Wildman–Crippen MR) is 64.3 cm³/mol. The van der Waals surface area contributed by atoms with Crippen molar-refractivity contribution in [3.8, 4) is 0 Å². The summed E-state index contributed by atoms with van der Waals surface area (Å²) in [4.78, 5) is 0. The van der Waals surface area contributed by atoms with Gasteiger partial charge in [-0.25, -0.2) is 0 Å². The Labute approximate surface area is 92.9 Å². The van der Waals surface area contributed by atoms with Crippen LogP contribution in [-0.2, 0) is 7.05 Å². The van der Waals surface area contributed by atoms with E-state index in [0.717, 1.165) is 5.02 Å². The average molecular weight is 215 g/mol. The summed E-state index contributed by atoms with van der Waals surface area (Å²) in [7, 11) is 2.06. The number of fused-ring (bicyclic) bond motifs is 3. The maximum atomic E-state index is 6.01. The molecule has 2 aromatic carbocycles. The largest absolute Gasteiger partial charge is 0.344 e. The van der Waals surface area contributed by atoms with E-state index in [0.29, 0.717) is 0 Å². The van der Waals surface area contributed by atoms with E-state index < -0.39 is 0 Å². The van der Waals surface area contributed by atoms with Crippen LogP contribution in [0.25, 0.3) is 21.8 Å². The first kappa shape index (κ1) is 8.81. The second kappa shape index (κ2) is 3.01. The maximum Gasteiger partial charge on any atom is 0.0494 e. The first-order chi connectivity index (χ1) is 7.27. The summed E-state index contributed by atoms with van der Waals surface area (Å²) >= 11 is 6.01. The molecule has 0 bridgehead atoms. The molecule has 1 nitrogen and oxygen atoms in total. The van der Waals surface area contributed by atoms with E-state index >= 15 is 0 Å². The molecule has 73 valence electrons. The van der Waals surface area contributed by atoms with Gasteiger partial charge in [0.15, 0.2) is 0 Å². The smallest absolute Gasteiger partial charge is 0.0494 e. The lowest BCUT2D eigenvalue weighted by molar-refractivity contribution is 1.01. The Hall–Kier alpha value is -1.47. The zero-order chi connectivity index (χ0) is 10.4. The van der Waals surface area contributed by atoms with E-state index in [1.807, 2.05) is 24.3 Å². The SMILES string of the molecule is Cn1c2c[c]ccc2c2cc(Cl)ccc21. The Morgan fingerprint density at radius 3 is 2.87 bits per heavy atom. The van der Waals surface area contributed by atoms with Gasteiger partial charge in [0, 0.05) is 33.9 Å². The van der Waals surface area contributed by atoms with Crippen molar-refractivity contribution < 1.29 is 0 Å². The van der Waals surface area contributed by atoms with Crippen LogP contribution in [0, 0.1) is 6.07 Å². The highest BCUT2D eigenvalue weighted by atomic mass is 35.5. The van der Waals surface area contributed by atoms with Gasteiger partial charge in [0.05, 0.1) is 0 Å². The molecule has 1 radical (unpaired) electrons. The normalized spacial score (nSPS) is 11.3. The van der Waals surface area contributed by atoms with Crippen molar-refractivity contribution in [1.82, 2.24) is 4.57 Å². The molecular formula is C13H9ClN. The second-order valence-corrected chi connectivity index (χ2v) is 4.10. The first-order valence-corrected chi connectivity index (χ1v) is 5.19. The molecule has 0 unspecified atom stereocenters. The van der Waals surface area contributed by atoms with Crippen LogP contribution in [0.1, 0.15) is 0 Å². The van der Waals surface area contributed by atoms with Crippen LogP contribution in [0.15, 0.2) is 36.4 Å². The fourth-order valence-corrected chi connectivity index (χ4v) is 2.25. The van der Waals surface area contributed by atoms with Gasteiger partial charge in [-0.3, -0.25) is 0 Å². The van der Waals surface area contributed by atoms with Crippen LogP contribution < -0.4 is 0 Å². The summed E-state index contributed by atoms with van der Waals surface area (Å²) in [5, 5.41) is 3.21. The number of benzene rings is 2. The Kier molecular flexibility index (Phi) is 1.77. The monoisotopic (exact) mass is 214 g/mol. The van der Waals surface area contributed by atoms with Crippen molar-refractivity contribution in [2.24, 2.45) is 7.05 Å². The van der Waals surface area contributed by atoms with Gasteiger partial charge in [0.2, 0.25) is 0 Å². The summed E-state index contributed by atoms with van der Waals surface area (Å²) in [5.74, 6) is 0. The third-order valence-electron chi connectivity index (χ3n) is 2.81. The van der Waals surface area contributed by atoms with E-state index in [9.17, 15) is 0 Å². The van der Waals surface area contributed by atoms with E-state index in [2.05, 4.69) is 29.8 Å². The highest BCUT2D eigenvalue weighted by Gasteiger charge is 2.06. The molecule has 0 saturated heterocycles. The third-order valence-corrected chi connectivity index (χ3v) is 3.05. The maximum absolute atomic E-state index is 6.01. The molecule has 0 N–H and O–H groups in total. The van der Waals surface area contributed by atoms with Crippen LogP contribution in [0.4, 0.5) is 0 Å². The molecule has 15 heavy (non-hydrogen) atoms. The van der Waals surface area contributed by atoms with Gasteiger partial charge in [-0.2, -0.15) is 0 Å². The van der Waals surface area contributed by atoms with Gasteiger partial charge >= 0.3 is 0 Å². The Balaban J connectivity index is 2.64. The zero-order valence-electron chi connectivity index (χ0n) is 8.29. The molecule has 0 atom stereocenters. The summed E-state index contributed by atoms with van der Waals surface area (Å²) in [6, 6.07) is 15.1. The lowest BCUT2D eigenvalue weighted by atomic mass is 10.2. The van der Waals surface area contributed by atoms with E-state index in [4.69, 9.17) is 11.6 Å². The molecule has 0 saturated carbocycles. The molecule has 1 aromatic heterocycles. The van der Waals surface area contributed by atoms with Crippen LogP contribution in [0.5, 0.6) is 0 Å². The summed E-state index contributed by atoms with van der Waals surface area (Å²) in [5.41, 5.74) is 2.39. The van der Waals surface area contributed by atoms with Gasteiger partial charge in [-0.15, -0.1) is 0 Å².